The van der Waals surface area contributed by atoms with Crippen LogP contribution in [0, 0.1) is 12.8 Å². The highest BCUT2D eigenvalue weighted by molar-refractivity contribution is 6.08. The highest BCUT2D eigenvalue weighted by Gasteiger charge is 2.45. The number of hydrogen-bond acceptors (Lipinski definition) is 7. The number of pyridine rings is 1. The maximum Gasteiger partial charge on any atom is 0.339 e. The number of fused-ring (bicyclic) bond motifs is 2. The average Bonchev–Trinajstić information content (AvgIpc) is 3.72. The van der Waals surface area contributed by atoms with Gasteiger partial charge in [0.1, 0.15) is 17.6 Å². The maximum absolute atomic E-state index is 13.6. The lowest BCUT2D eigenvalue weighted by Crippen LogP contribution is -2.34. The van der Waals surface area contributed by atoms with E-state index < -0.39 is 24.5 Å². The van der Waals surface area contributed by atoms with E-state index in [1.807, 2.05) is 62.4 Å². The molecule has 198 valence electrons. The van der Waals surface area contributed by atoms with E-state index in [1.165, 1.54) is 5.01 Å². The molecule has 4 heterocycles. The van der Waals surface area contributed by atoms with Crippen LogP contribution in [0.25, 0.3) is 17.0 Å². The van der Waals surface area contributed by atoms with Crippen molar-refractivity contribution in [1.82, 2.24) is 9.99 Å². The minimum atomic E-state index is -0.550. The normalized spacial score (nSPS) is 19.8. The first-order valence-corrected chi connectivity index (χ1v) is 13.3. The SMILES string of the molecule is CCc1nc2ccccc2c(C(=O)OCC(=O)N2N=C3C(=Cc4ccco4)CCCC3C2c2ccco2)c1C. The van der Waals surface area contributed by atoms with Crippen LogP contribution in [-0.4, -0.2) is 34.2 Å². The fourth-order valence-electron chi connectivity index (χ4n) is 5.72. The number of aryl methyl sites for hydroxylation is 1. The number of hydrogen-bond donors (Lipinski definition) is 0. The largest absolute Gasteiger partial charge is 0.467 e. The minimum absolute atomic E-state index is 0.0238. The van der Waals surface area contributed by atoms with Gasteiger partial charge in [-0.15, -0.1) is 0 Å². The second kappa shape index (κ2) is 10.4. The zero-order valence-corrected chi connectivity index (χ0v) is 21.9. The van der Waals surface area contributed by atoms with Crippen molar-refractivity contribution in [2.24, 2.45) is 11.0 Å². The summed E-state index contributed by atoms with van der Waals surface area (Å²) in [6, 6.07) is 14.5. The van der Waals surface area contributed by atoms with Crippen LogP contribution in [0.1, 0.15) is 65.4 Å². The van der Waals surface area contributed by atoms with Crippen molar-refractivity contribution < 1.29 is 23.2 Å². The number of carbonyl (C=O) groups is 2. The molecule has 0 radical (unpaired) electrons. The number of hydrazone groups is 1. The molecule has 1 amide bonds. The zero-order chi connectivity index (χ0) is 26.9. The second-order valence-corrected chi connectivity index (χ2v) is 9.87. The lowest BCUT2D eigenvalue weighted by Gasteiger charge is -2.27. The van der Waals surface area contributed by atoms with E-state index in [2.05, 4.69) is 4.98 Å². The summed E-state index contributed by atoms with van der Waals surface area (Å²) >= 11 is 0. The third-order valence-corrected chi connectivity index (χ3v) is 7.55. The van der Waals surface area contributed by atoms with Crippen LogP contribution >= 0.6 is 0 Å². The molecule has 1 aliphatic carbocycles. The van der Waals surface area contributed by atoms with Crippen LogP contribution in [0.15, 0.2) is 80.6 Å². The van der Waals surface area contributed by atoms with Gasteiger partial charge in [0.05, 0.1) is 29.3 Å². The predicted molar refractivity (Wildman–Crippen MR) is 146 cm³/mol. The van der Waals surface area contributed by atoms with Gasteiger partial charge in [0.25, 0.3) is 5.91 Å². The molecule has 3 aromatic heterocycles. The summed E-state index contributed by atoms with van der Waals surface area (Å²) in [5.41, 5.74) is 4.65. The Morgan fingerprint density at radius 3 is 2.69 bits per heavy atom. The van der Waals surface area contributed by atoms with Crippen LogP contribution in [0.3, 0.4) is 0 Å². The summed E-state index contributed by atoms with van der Waals surface area (Å²) in [6.07, 6.45) is 8.56. The predicted octanol–water partition coefficient (Wildman–Crippen LogP) is 6.27. The molecule has 8 nitrogen and oxygen atoms in total. The topological polar surface area (TPSA) is 98.1 Å². The van der Waals surface area contributed by atoms with Gasteiger partial charge in [-0.2, -0.15) is 5.10 Å². The van der Waals surface area contributed by atoms with E-state index in [0.29, 0.717) is 23.1 Å². The minimum Gasteiger partial charge on any atom is -0.467 e. The van der Waals surface area contributed by atoms with Gasteiger partial charge >= 0.3 is 5.97 Å². The van der Waals surface area contributed by atoms with E-state index in [4.69, 9.17) is 18.7 Å². The van der Waals surface area contributed by atoms with Crippen molar-refractivity contribution in [2.45, 2.75) is 45.6 Å². The van der Waals surface area contributed by atoms with E-state index >= 15 is 0 Å². The van der Waals surface area contributed by atoms with Crippen molar-refractivity contribution in [3.8, 4) is 0 Å². The standard InChI is InChI=1S/C31H29N3O5/c1-3-24-19(2)28(22-11-4-5-13-25(22)32-24)31(36)39-18-27(35)34-30(26-14-8-16-38-26)23-12-6-9-20(29(23)33-34)17-21-10-7-15-37-21/h4-5,7-8,10-11,13-17,23,30H,3,6,9,12,18H2,1-2H3. The van der Waals surface area contributed by atoms with Crippen molar-refractivity contribution in [1.29, 1.82) is 0 Å². The number of allylic oxidation sites excluding steroid dienone is 1. The number of benzene rings is 1. The molecule has 2 unspecified atom stereocenters. The van der Waals surface area contributed by atoms with Gasteiger partial charge in [-0.25, -0.2) is 9.80 Å². The van der Waals surface area contributed by atoms with Gasteiger partial charge in [0.2, 0.25) is 0 Å². The highest BCUT2D eigenvalue weighted by Crippen LogP contribution is 2.44. The summed E-state index contributed by atoms with van der Waals surface area (Å²) in [7, 11) is 0. The summed E-state index contributed by atoms with van der Waals surface area (Å²) in [6.45, 7) is 3.43. The van der Waals surface area contributed by atoms with E-state index in [1.54, 1.807) is 18.6 Å². The first-order chi connectivity index (χ1) is 19.0. The van der Waals surface area contributed by atoms with Gasteiger partial charge in [0, 0.05) is 17.0 Å². The smallest absolute Gasteiger partial charge is 0.339 e. The lowest BCUT2D eigenvalue weighted by atomic mass is 9.79. The number of carbonyl (C=O) groups excluding carboxylic acids is 2. The molecule has 1 saturated carbocycles. The summed E-state index contributed by atoms with van der Waals surface area (Å²) in [5, 5.41) is 6.92. The number of esters is 1. The number of aromatic nitrogens is 1. The first-order valence-electron chi connectivity index (χ1n) is 13.3. The number of furan rings is 2. The summed E-state index contributed by atoms with van der Waals surface area (Å²) < 4.78 is 16.9. The third kappa shape index (κ3) is 4.56. The van der Waals surface area contributed by atoms with Crippen LogP contribution in [-0.2, 0) is 16.0 Å². The number of ether oxygens (including phenoxy) is 1. The Morgan fingerprint density at radius 1 is 1.10 bits per heavy atom. The number of amides is 1. The molecule has 6 rings (SSSR count). The molecule has 8 heteroatoms. The molecular formula is C31H29N3O5. The third-order valence-electron chi connectivity index (χ3n) is 7.55. The number of para-hydroxylation sites is 1. The molecular weight excluding hydrogens is 494 g/mol. The first kappa shape index (κ1) is 24.9. The molecule has 4 aromatic rings. The van der Waals surface area contributed by atoms with Crippen molar-refractivity contribution in [3.05, 3.63) is 95.0 Å². The van der Waals surface area contributed by atoms with Crippen molar-refractivity contribution in [3.63, 3.8) is 0 Å². The van der Waals surface area contributed by atoms with E-state index in [0.717, 1.165) is 53.1 Å². The van der Waals surface area contributed by atoms with Gasteiger partial charge in [-0.05, 0) is 80.2 Å². The average molecular weight is 524 g/mol. The molecule has 39 heavy (non-hydrogen) atoms. The Balaban J connectivity index is 1.29. The van der Waals surface area contributed by atoms with Gasteiger partial charge in [0.15, 0.2) is 6.61 Å². The van der Waals surface area contributed by atoms with E-state index in [-0.39, 0.29) is 5.92 Å². The van der Waals surface area contributed by atoms with Gasteiger partial charge < -0.3 is 13.6 Å². The second-order valence-electron chi connectivity index (χ2n) is 9.87. The highest BCUT2D eigenvalue weighted by atomic mass is 16.5. The molecule has 0 bridgehead atoms. The molecule has 2 atom stereocenters. The van der Waals surface area contributed by atoms with Crippen molar-refractivity contribution in [2.75, 3.05) is 6.61 Å². The Labute approximate surface area is 226 Å². The molecule has 0 N–H and O–H groups in total. The molecule has 0 spiro atoms. The van der Waals surface area contributed by atoms with Crippen LogP contribution in [0.2, 0.25) is 0 Å². The van der Waals surface area contributed by atoms with Gasteiger partial charge in [-0.1, -0.05) is 25.1 Å². The number of nitrogens with zero attached hydrogens (tertiary/aromatic N) is 3. The summed E-state index contributed by atoms with van der Waals surface area (Å²) in [5.74, 6) is 0.417. The molecule has 2 aliphatic rings. The van der Waals surface area contributed by atoms with Crippen LogP contribution in [0.5, 0.6) is 0 Å². The number of rotatable bonds is 6. The fraction of sp³-hybridized carbons (Fsp3) is 0.290. The Hall–Kier alpha value is -4.46. The molecule has 1 aromatic carbocycles. The fourth-order valence-corrected chi connectivity index (χ4v) is 5.72. The molecule has 0 saturated heterocycles. The quantitative estimate of drug-likeness (QED) is 0.276. The summed E-state index contributed by atoms with van der Waals surface area (Å²) in [4.78, 5) is 31.6. The lowest BCUT2D eigenvalue weighted by molar-refractivity contribution is -0.137. The van der Waals surface area contributed by atoms with Gasteiger partial charge in [-0.3, -0.25) is 9.78 Å². The van der Waals surface area contributed by atoms with Crippen LogP contribution < -0.4 is 0 Å². The molecule has 1 aliphatic heterocycles. The van der Waals surface area contributed by atoms with E-state index in [9.17, 15) is 9.59 Å². The van der Waals surface area contributed by atoms with Crippen LogP contribution in [0.4, 0.5) is 0 Å². The Morgan fingerprint density at radius 2 is 1.92 bits per heavy atom. The molecule has 1 fully saturated rings. The monoisotopic (exact) mass is 523 g/mol. The zero-order valence-electron chi connectivity index (χ0n) is 21.9. The Bertz CT molecular complexity index is 1580. The Kier molecular flexibility index (Phi) is 6.60. The van der Waals surface area contributed by atoms with Crippen molar-refractivity contribution >= 4 is 34.6 Å². The maximum atomic E-state index is 13.6.